The maximum absolute atomic E-state index is 12.4. The molecule has 0 bridgehead atoms. The lowest BCUT2D eigenvalue weighted by Crippen LogP contribution is -2.42. The number of hydrogen-bond donors (Lipinski definition) is 1. The van der Waals surface area contributed by atoms with Crippen LogP contribution in [0.25, 0.3) is 0 Å². The monoisotopic (exact) mass is 268 g/mol. The second-order valence-electron chi connectivity index (χ2n) is 4.55. The summed E-state index contributed by atoms with van der Waals surface area (Å²) in [7, 11) is 0. The molecule has 5 heteroatoms. The van der Waals surface area contributed by atoms with Crippen LogP contribution in [0, 0.1) is 0 Å². The third-order valence-electron chi connectivity index (χ3n) is 3.41. The first-order valence-corrected chi connectivity index (χ1v) is 6.81. The largest absolute Gasteiger partial charge is 0.367 e. The van der Waals surface area contributed by atoms with Crippen LogP contribution in [0.15, 0.2) is 23.3 Å². The molecule has 2 rings (SSSR count). The molecule has 1 N–H and O–H groups in total. The number of halogens is 1. The predicted octanol–water partition coefficient (Wildman–Crippen LogP) is 2.00. The van der Waals surface area contributed by atoms with Gasteiger partial charge in [0, 0.05) is 36.9 Å². The van der Waals surface area contributed by atoms with Crippen LogP contribution in [0.4, 0.5) is 0 Å². The first-order valence-electron chi connectivity index (χ1n) is 6.28. The zero-order chi connectivity index (χ0) is 13.0. The van der Waals surface area contributed by atoms with Crippen LogP contribution < -0.4 is 5.43 Å². The van der Waals surface area contributed by atoms with E-state index >= 15 is 0 Å². The van der Waals surface area contributed by atoms with E-state index in [1.54, 1.807) is 4.90 Å². The molecule has 0 radical (unpaired) electrons. The van der Waals surface area contributed by atoms with Crippen LogP contribution >= 0.6 is 11.6 Å². The van der Waals surface area contributed by atoms with Gasteiger partial charge in [-0.1, -0.05) is 12.8 Å². The fraction of sp³-hybridized carbons (Fsp3) is 0.538. The average Bonchev–Trinajstić information content (AvgIpc) is 2.89. The first kappa shape index (κ1) is 13.1. The summed E-state index contributed by atoms with van der Waals surface area (Å²) in [6.07, 6.45) is 7.30. The molecule has 1 aliphatic carbocycles. The fourth-order valence-electron chi connectivity index (χ4n) is 2.49. The van der Waals surface area contributed by atoms with Gasteiger partial charge in [0.2, 0.25) is 0 Å². The summed E-state index contributed by atoms with van der Waals surface area (Å²) < 4.78 is 0. The Hall–Kier alpha value is -1.29. The minimum Gasteiger partial charge on any atom is -0.367 e. The van der Waals surface area contributed by atoms with Crippen molar-refractivity contribution in [2.75, 3.05) is 12.4 Å². The van der Waals surface area contributed by atoms with Crippen molar-refractivity contribution < 1.29 is 4.79 Å². The second-order valence-corrected chi connectivity index (χ2v) is 4.93. The summed E-state index contributed by atoms with van der Waals surface area (Å²) in [6.45, 7) is 0.499. The van der Waals surface area contributed by atoms with Gasteiger partial charge in [0.05, 0.1) is 0 Å². The van der Waals surface area contributed by atoms with E-state index in [2.05, 4.69) is 4.98 Å². The van der Waals surface area contributed by atoms with Gasteiger partial charge < -0.3 is 9.88 Å². The molecule has 0 spiro atoms. The van der Waals surface area contributed by atoms with Gasteiger partial charge in [0.15, 0.2) is 5.43 Å². The van der Waals surface area contributed by atoms with Gasteiger partial charge >= 0.3 is 0 Å². The summed E-state index contributed by atoms with van der Waals surface area (Å²) in [5, 5.41) is 0. The van der Waals surface area contributed by atoms with E-state index in [1.165, 1.54) is 18.5 Å². The molecule has 0 atom stereocenters. The molecule has 98 valence electrons. The molecule has 1 aliphatic rings. The lowest BCUT2D eigenvalue weighted by molar-refractivity contribution is 0.0693. The third-order valence-corrected chi connectivity index (χ3v) is 3.58. The number of H-pyrrole nitrogens is 1. The van der Waals surface area contributed by atoms with E-state index in [-0.39, 0.29) is 22.9 Å². The summed E-state index contributed by atoms with van der Waals surface area (Å²) in [5.74, 6) is 0.192. The number of rotatable bonds is 4. The van der Waals surface area contributed by atoms with Crippen LogP contribution in [0.5, 0.6) is 0 Å². The average molecular weight is 269 g/mol. The first-order chi connectivity index (χ1) is 8.74. The molecular weight excluding hydrogens is 252 g/mol. The lowest BCUT2D eigenvalue weighted by Gasteiger charge is -2.28. The summed E-state index contributed by atoms with van der Waals surface area (Å²) >= 11 is 5.77. The van der Waals surface area contributed by atoms with Crippen molar-refractivity contribution in [1.82, 2.24) is 9.88 Å². The zero-order valence-electron chi connectivity index (χ0n) is 10.2. The van der Waals surface area contributed by atoms with Crippen molar-refractivity contribution in [3.05, 3.63) is 34.2 Å². The maximum Gasteiger partial charge on any atom is 0.259 e. The Balaban J connectivity index is 2.22. The minimum atomic E-state index is -0.240. The molecule has 1 amide bonds. The quantitative estimate of drug-likeness (QED) is 0.849. The van der Waals surface area contributed by atoms with E-state index < -0.39 is 0 Å². The SMILES string of the molecule is O=C(c1c[nH]ccc1=O)N(CCCl)C1CCCC1. The predicted molar refractivity (Wildman–Crippen MR) is 71.1 cm³/mol. The van der Waals surface area contributed by atoms with Crippen molar-refractivity contribution in [3.8, 4) is 0 Å². The Bertz CT molecular complexity index is 466. The summed E-state index contributed by atoms with van der Waals surface area (Å²) in [4.78, 5) is 28.6. The molecule has 1 heterocycles. The molecule has 1 aromatic heterocycles. The van der Waals surface area contributed by atoms with Crippen LogP contribution in [0.1, 0.15) is 36.0 Å². The standard InChI is InChI=1S/C13H17ClN2O2/c14-6-8-16(10-3-1-2-4-10)13(18)11-9-15-7-5-12(11)17/h5,7,9-10H,1-4,6,8H2,(H,15,17). The van der Waals surface area contributed by atoms with Gasteiger partial charge in [0.25, 0.3) is 5.91 Å². The van der Waals surface area contributed by atoms with Gasteiger partial charge in [-0.2, -0.15) is 0 Å². The fourth-order valence-corrected chi connectivity index (χ4v) is 2.68. The molecule has 1 fully saturated rings. The molecule has 1 aromatic rings. The van der Waals surface area contributed by atoms with Crippen molar-refractivity contribution in [3.63, 3.8) is 0 Å². The number of alkyl halides is 1. The second kappa shape index (κ2) is 6.05. The van der Waals surface area contributed by atoms with E-state index in [4.69, 9.17) is 11.6 Å². The number of aromatic nitrogens is 1. The highest BCUT2D eigenvalue weighted by Gasteiger charge is 2.27. The number of pyridine rings is 1. The molecular formula is C13H17ClN2O2. The Morgan fingerprint density at radius 3 is 2.78 bits per heavy atom. The lowest BCUT2D eigenvalue weighted by atomic mass is 10.1. The van der Waals surface area contributed by atoms with E-state index in [1.807, 2.05) is 0 Å². The summed E-state index contributed by atoms with van der Waals surface area (Å²) in [5.41, 5.74) is -0.0363. The number of amides is 1. The number of carbonyl (C=O) groups excluding carboxylic acids is 1. The minimum absolute atomic E-state index is 0.203. The van der Waals surface area contributed by atoms with Gasteiger partial charge in [-0.25, -0.2) is 0 Å². The Morgan fingerprint density at radius 1 is 1.44 bits per heavy atom. The highest BCUT2D eigenvalue weighted by molar-refractivity contribution is 6.18. The van der Waals surface area contributed by atoms with Gasteiger partial charge in [0.1, 0.15) is 5.56 Å². The molecule has 4 nitrogen and oxygen atoms in total. The number of nitrogens with zero attached hydrogens (tertiary/aromatic N) is 1. The number of carbonyl (C=O) groups is 1. The van der Waals surface area contributed by atoms with Crippen molar-refractivity contribution in [1.29, 1.82) is 0 Å². The van der Waals surface area contributed by atoms with E-state index in [0.29, 0.717) is 12.4 Å². The van der Waals surface area contributed by atoms with Crippen LogP contribution in [-0.2, 0) is 0 Å². The van der Waals surface area contributed by atoms with E-state index in [9.17, 15) is 9.59 Å². The maximum atomic E-state index is 12.4. The number of nitrogens with one attached hydrogen (secondary N) is 1. The smallest absolute Gasteiger partial charge is 0.259 e. The van der Waals surface area contributed by atoms with E-state index in [0.717, 1.165) is 25.7 Å². The molecule has 0 aromatic carbocycles. The Morgan fingerprint density at radius 2 is 2.17 bits per heavy atom. The molecule has 0 unspecified atom stereocenters. The Kier molecular flexibility index (Phi) is 4.42. The molecule has 1 saturated carbocycles. The normalized spacial score (nSPS) is 15.8. The van der Waals surface area contributed by atoms with Gasteiger partial charge in [-0.15, -0.1) is 11.6 Å². The molecule has 0 saturated heterocycles. The molecule has 18 heavy (non-hydrogen) atoms. The van der Waals surface area contributed by atoms with Crippen molar-refractivity contribution in [2.45, 2.75) is 31.7 Å². The highest BCUT2D eigenvalue weighted by Crippen LogP contribution is 2.24. The highest BCUT2D eigenvalue weighted by atomic mass is 35.5. The van der Waals surface area contributed by atoms with Crippen LogP contribution in [0.2, 0.25) is 0 Å². The number of aromatic amines is 1. The summed E-state index contributed by atoms with van der Waals surface area (Å²) in [6, 6.07) is 1.61. The van der Waals surface area contributed by atoms with Gasteiger partial charge in [-0.05, 0) is 12.8 Å². The van der Waals surface area contributed by atoms with Crippen molar-refractivity contribution in [2.24, 2.45) is 0 Å². The van der Waals surface area contributed by atoms with Crippen LogP contribution in [0.3, 0.4) is 0 Å². The zero-order valence-corrected chi connectivity index (χ0v) is 10.9. The van der Waals surface area contributed by atoms with Crippen molar-refractivity contribution >= 4 is 17.5 Å². The Labute approximate surface area is 111 Å². The third kappa shape index (κ3) is 2.75. The topological polar surface area (TPSA) is 53.2 Å². The number of hydrogen-bond acceptors (Lipinski definition) is 2. The molecule has 0 aliphatic heterocycles. The van der Waals surface area contributed by atoms with Crippen LogP contribution in [-0.4, -0.2) is 34.3 Å². The van der Waals surface area contributed by atoms with Gasteiger partial charge in [-0.3, -0.25) is 9.59 Å².